The number of carbonyl (C=O) groups is 1. The molecule has 1 atom stereocenters. The van der Waals surface area contributed by atoms with Crippen LogP contribution in [-0.2, 0) is 21.0 Å². The lowest BCUT2D eigenvalue weighted by atomic mass is 10.2. The van der Waals surface area contributed by atoms with E-state index >= 15 is 0 Å². The standard InChI is InChI=1S/C12H12F3NO4S/c13-12(14,15)8-4-1-2-6-10(8)21(19,20)16-7-3-5-9(16)11(17)18/h1-2,4,6,9H,3,5,7H2,(H,17,18)/p-1/t9-/m1/s1. The molecule has 0 bridgehead atoms. The molecule has 1 fully saturated rings. The molecular weight excluding hydrogens is 311 g/mol. The van der Waals surface area contributed by atoms with Gasteiger partial charge in [0, 0.05) is 6.54 Å². The topological polar surface area (TPSA) is 77.5 Å². The highest BCUT2D eigenvalue weighted by molar-refractivity contribution is 7.89. The number of carboxylic acid groups (broad SMARTS) is 1. The Morgan fingerprint density at radius 3 is 2.48 bits per heavy atom. The number of carboxylic acids is 1. The summed E-state index contributed by atoms with van der Waals surface area (Å²) < 4.78 is 64.0. The first-order valence-electron chi connectivity index (χ1n) is 6.04. The lowest BCUT2D eigenvalue weighted by Crippen LogP contribution is -2.47. The van der Waals surface area contributed by atoms with Crippen molar-refractivity contribution in [2.45, 2.75) is 30.0 Å². The summed E-state index contributed by atoms with van der Waals surface area (Å²) in [7, 11) is -4.55. The molecule has 0 aliphatic carbocycles. The predicted molar refractivity (Wildman–Crippen MR) is 63.4 cm³/mol. The fraction of sp³-hybridized carbons (Fsp3) is 0.417. The Morgan fingerprint density at radius 2 is 1.90 bits per heavy atom. The molecule has 2 rings (SSSR count). The monoisotopic (exact) mass is 322 g/mol. The molecule has 1 aromatic carbocycles. The van der Waals surface area contributed by atoms with Gasteiger partial charge in [-0.15, -0.1) is 0 Å². The minimum absolute atomic E-state index is 0.0236. The zero-order chi connectivity index (χ0) is 15.8. The van der Waals surface area contributed by atoms with E-state index in [2.05, 4.69) is 0 Å². The Hall–Kier alpha value is -1.61. The molecule has 1 aliphatic rings. The molecule has 5 nitrogen and oxygen atoms in total. The van der Waals surface area contributed by atoms with Crippen LogP contribution in [-0.4, -0.2) is 31.3 Å². The summed E-state index contributed by atoms with van der Waals surface area (Å²) in [5, 5.41) is 10.9. The van der Waals surface area contributed by atoms with E-state index in [0.29, 0.717) is 10.4 Å². The molecule has 1 heterocycles. The van der Waals surface area contributed by atoms with Crippen molar-refractivity contribution in [2.24, 2.45) is 0 Å². The van der Waals surface area contributed by atoms with Crippen molar-refractivity contribution < 1.29 is 31.5 Å². The van der Waals surface area contributed by atoms with E-state index in [1.54, 1.807) is 0 Å². The molecule has 0 N–H and O–H groups in total. The van der Waals surface area contributed by atoms with Crippen LogP contribution in [0.1, 0.15) is 18.4 Å². The molecule has 116 valence electrons. The van der Waals surface area contributed by atoms with Gasteiger partial charge in [-0.25, -0.2) is 8.42 Å². The first-order valence-corrected chi connectivity index (χ1v) is 7.48. The highest BCUT2D eigenvalue weighted by Gasteiger charge is 2.42. The Balaban J connectivity index is 2.53. The minimum Gasteiger partial charge on any atom is -0.548 e. The van der Waals surface area contributed by atoms with Crippen LogP contribution in [0.25, 0.3) is 0 Å². The summed E-state index contributed by atoms with van der Waals surface area (Å²) in [5.74, 6) is -1.61. The van der Waals surface area contributed by atoms with Gasteiger partial charge in [-0.05, 0) is 25.0 Å². The number of halogens is 3. The van der Waals surface area contributed by atoms with Crippen molar-refractivity contribution in [1.29, 1.82) is 0 Å². The zero-order valence-corrected chi connectivity index (χ0v) is 11.4. The number of alkyl halides is 3. The van der Waals surface area contributed by atoms with Gasteiger partial charge in [0.25, 0.3) is 0 Å². The van der Waals surface area contributed by atoms with Crippen LogP contribution in [0.5, 0.6) is 0 Å². The van der Waals surface area contributed by atoms with E-state index in [9.17, 15) is 31.5 Å². The van der Waals surface area contributed by atoms with Gasteiger partial charge in [0.2, 0.25) is 10.0 Å². The number of benzene rings is 1. The third-order valence-electron chi connectivity index (χ3n) is 3.25. The van der Waals surface area contributed by atoms with E-state index in [1.807, 2.05) is 0 Å². The highest BCUT2D eigenvalue weighted by Crippen LogP contribution is 2.36. The first-order chi connectivity index (χ1) is 9.65. The third-order valence-corrected chi connectivity index (χ3v) is 5.22. The number of sulfonamides is 1. The molecule has 21 heavy (non-hydrogen) atoms. The Morgan fingerprint density at radius 1 is 1.29 bits per heavy atom. The molecule has 0 aromatic heterocycles. The predicted octanol–water partition coefficient (Wildman–Crippen LogP) is 0.608. The van der Waals surface area contributed by atoms with Gasteiger partial charge in [-0.2, -0.15) is 17.5 Å². The molecule has 9 heteroatoms. The number of rotatable bonds is 3. The minimum atomic E-state index is -4.85. The van der Waals surface area contributed by atoms with Crippen molar-refractivity contribution in [3.05, 3.63) is 29.8 Å². The third kappa shape index (κ3) is 2.88. The second-order valence-electron chi connectivity index (χ2n) is 4.59. The second kappa shape index (κ2) is 5.30. The molecule has 0 amide bonds. The van der Waals surface area contributed by atoms with Crippen LogP contribution in [0.2, 0.25) is 0 Å². The van der Waals surface area contributed by atoms with Crippen LogP contribution < -0.4 is 5.11 Å². The smallest absolute Gasteiger partial charge is 0.417 e. The highest BCUT2D eigenvalue weighted by atomic mass is 32.2. The normalized spacial score (nSPS) is 20.6. The van der Waals surface area contributed by atoms with E-state index < -0.39 is 38.7 Å². The van der Waals surface area contributed by atoms with Crippen molar-refractivity contribution in [2.75, 3.05) is 6.54 Å². The van der Waals surface area contributed by atoms with Gasteiger partial charge < -0.3 is 9.90 Å². The summed E-state index contributed by atoms with van der Waals surface area (Å²) in [4.78, 5) is 9.99. The number of aliphatic carboxylic acids is 1. The molecule has 0 saturated carbocycles. The number of carbonyl (C=O) groups excluding carboxylic acids is 1. The number of hydrogen-bond donors (Lipinski definition) is 0. The maximum atomic E-state index is 12.9. The Kier molecular flexibility index (Phi) is 3.98. The van der Waals surface area contributed by atoms with Crippen molar-refractivity contribution in [1.82, 2.24) is 4.31 Å². The van der Waals surface area contributed by atoms with E-state index in [1.165, 1.54) is 0 Å². The maximum absolute atomic E-state index is 12.9. The number of nitrogens with zero attached hydrogens (tertiary/aromatic N) is 1. The molecule has 0 radical (unpaired) electrons. The van der Waals surface area contributed by atoms with Gasteiger partial charge >= 0.3 is 6.18 Å². The summed E-state index contributed by atoms with van der Waals surface area (Å²) in [6.07, 6.45) is -4.57. The average molecular weight is 322 g/mol. The molecular formula is C12H11F3NO4S-. The summed E-state index contributed by atoms with van der Waals surface area (Å²) >= 11 is 0. The summed E-state index contributed by atoms with van der Waals surface area (Å²) in [5.41, 5.74) is -1.31. The molecule has 1 aromatic rings. The quantitative estimate of drug-likeness (QED) is 0.817. The van der Waals surface area contributed by atoms with Crippen LogP contribution in [0.3, 0.4) is 0 Å². The van der Waals surface area contributed by atoms with E-state index in [0.717, 1.165) is 18.2 Å². The molecule has 0 spiro atoms. The fourth-order valence-electron chi connectivity index (χ4n) is 2.32. The first kappa shape index (κ1) is 15.8. The molecule has 0 unspecified atom stereocenters. The van der Waals surface area contributed by atoms with Crippen LogP contribution >= 0.6 is 0 Å². The van der Waals surface area contributed by atoms with Crippen LogP contribution in [0.15, 0.2) is 29.2 Å². The van der Waals surface area contributed by atoms with Gasteiger partial charge in [-0.1, -0.05) is 12.1 Å². The van der Waals surface area contributed by atoms with E-state index in [4.69, 9.17) is 0 Å². The van der Waals surface area contributed by atoms with Gasteiger partial charge in [0.1, 0.15) is 0 Å². The maximum Gasteiger partial charge on any atom is 0.417 e. The SMILES string of the molecule is O=C([O-])[C@H]1CCCN1S(=O)(=O)c1ccccc1C(F)(F)F. The summed E-state index contributed by atoms with van der Waals surface area (Å²) in [6.45, 7) is -0.146. The van der Waals surface area contributed by atoms with Gasteiger partial charge in [0.05, 0.1) is 22.5 Å². The van der Waals surface area contributed by atoms with Gasteiger partial charge in [-0.3, -0.25) is 0 Å². The Bertz CT molecular complexity index is 657. The average Bonchev–Trinajstić information content (AvgIpc) is 2.88. The molecule has 1 aliphatic heterocycles. The number of hydrogen-bond acceptors (Lipinski definition) is 4. The van der Waals surface area contributed by atoms with Crippen LogP contribution in [0, 0.1) is 0 Å². The summed E-state index contributed by atoms with van der Waals surface area (Å²) in [6, 6.07) is 2.27. The lowest BCUT2D eigenvalue weighted by molar-refractivity contribution is -0.309. The van der Waals surface area contributed by atoms with Crippen LogP contribution in [0.4, 0.5) is 13.2 Å². The van der Waals surface area contributed by atoms with E-state index in [-0.39, 0.29) is 19.4 Å². The Labute approximate surface area is 119 Å². The zero-order valence-electron chi connectivity index (χ0n) is 10.6. The van der Waals surface area contributed by atoms with Crippen molar-refractivity contribution in [3.8, 4) is 0 Å². The largest absolute Gasteiger partial charge is 0.548 e. The second-order valence-corrected chi connectivity index (χ2v) is 6.45. The fourth-order valence-corrected chi connectivity index (χ4v) is 4.18. The lowest BCUT2D eigenvalue weighted by Gasteiger charge is -2.26. The van der Waals surface area contributed by atoms with Crippen molar-refractivity contribution >= 4 is 16.0 Å². The van der Waals surface area contributed by atoms with Crippen molar-refractivity contribution in [3.63, 3.8) is 0 Å². The molecule has 1 saturated heterocycles. The van der Waals surface area contributed by atoms with Gasteiger partial charge in [0.15, 0.2) is 0 Å².